The summed E-state index contributed by atoms with van der Waals surface area (Å²) in [7, 11) is -4.40. The summed E-state index contributed by atoms with van der Waals surface area (Å²) in [5.41, 5.74) is 0. The lowest BCUT2D eigenvalue weighted by Gasteiger charge is -2.15. The molecule has 1 amide bonds. The Kier molecular flexibility index (Phi) is 31.3. The van der Waals surface area contributed by atoms with Gasteiger partial charge < -0.3 is 20.1 Å². The lowest BCUT2D eigenvalue weighted by atomic mass is 10.0. The highest BCUT2D eigenvalue weighted by molar-refractivity contribution is 7.47. The molecule has 0 heterocycles. The minimum atomic E-state index is -4.40. The Bertz CT molecular complexity index is 709. The van der Waals surface area contributed by atoms with Gasteiger partial charge in [-0.2, -0.15) is 0 Å². The van der Waals surface area contributed by atoms with Gasteiger partial charge in [0.2, 0.25) is 5.91 Å². The quantitative estimate of drug-likeness (QED) is 0.0358. The molecule has 0 aromatic carbocycles. The van der Waals surface area contributed by atoms with Crippen LogP contribution in [0.3, 0.4) is 0 Å². The van der Waals surface area contributed by atoms with Crippen LogP contribution in [0.1, 0.15) is 174 Å². The Labute approximate surface area is 269 Å². The number of carbonyl (C=O) groups excluding carboxylic acids is 2. The predicted octanol–water partition coefficient (Wildman–Crippen LogP) is 8.93. The molecule has 10 heteroatoms. The minimum absolute atomic E-state index is 0.0876. The summed E-state index contributed by atoms with van der Waals surface area (Å²) >= 11 is 0. The molecule has 0 aliphatic heterocycles. The maximum atomic E-state index is 12.0. The Balaban J connectivity index is 3.61. The summed E-state index contributed by atoms with van der Waals surface area (Å²) in [4.78, 5) is 33.6. The second kappa shape index (κ2) is 32.0. The number of nitrogens with one attached hydrogen (secondary N) is 1. The van der Waals surface area contributed by atoms with Crippen molar-refractivity contribution in [2.45, 2.75) is 180 Å². The fraction of sp³-hybridized carbons (Fsp3) is 0.941. The SMILES string of the molecule is CCCCCCCCCCCCCCCC(=O)NCCOP(=O)(O)OCC(O)COC(=O)CCCCCCCCCCCC. The number of esters is 1. The molecule has 9 nitrogen and oxygen atoms in total. The van der Waals surface area contributed by atoms with Crippen molar-refractivity contribution in [1.29, 1.82) is 0 Å². The number of hydrogen-bond acceptors (Lipinski definition) is 7. The Hall–Kier alpha value is -0.990. The van der Waals surface area contributed by atoms with E-state index in [0.29, 0.717) is 6.42 Å². The molecular formula is C34H68NO8P. The van der Waals surface area contributed by atoms with E-state index >= 15 is 0 Å². The van der Waals surface area contributed by atoms with Crippen LogP contribution < -0.4 is 5.32 Å². The zero-order chi connectivity index (χ0) is 32.6. The molecule has 0 aliphatic rings. The molecule has 0 aliphatic carbocycles. The molecule has 0 radical (unpaired) electrons. The van der Waals surface area contributed by atoms with E-state index in [1.807, 2.05) is 0 Å². The number of hydrogen-bond donors (Lipinski definition) is 3. The summed E-state index contributed by atoms with van der Waals surface area (Å²) in [6.07, 6.45) is 27.5. The Morgan fingerprint density at radius 1 is 0.614 bits per heavy atom. The van der Waals surface area contributed by atoms with E-state index in [2.05, 4.69) is 19.2 Å². The first-order valence-corrected chi connectivity index (χ1v) is 19.5. The van der Waals surface area contributed by atoms with E-state index in [1.165, 1.54) is 109 Å². The van der Waals surface area contributed by atoms with E-state index in [-0.39, 0.29) is 32.1 Å². The third kappa shape index (κ3) is 32.4. The Morgan fingerprint density at radius 2 is 1.02 bits per heavy atom. The van der Waals surface area contributed by atoms with Crippen molar-refractivity contribution in [1.82, 2.24) is 5.32 Å². The number of carbonyl (C=O) groups is 2. The van der Waals surface area contributed by atoms with Crippen LogP contribution in [0.4, 0.5) is 0 Å². The molecule has 0 aromatic heterocycles. The highest BCUT2D eigenvalue weighted by atomic mass is 31.2. The average molecular weight is 650 g/mol. The first-order chi connectivity index (χ1) is 21.3. The van der Waals surface area contributed by atoms with Crippen molar-refractivity contribution in [2.75, 3.05) is 26.4 Å². The van der Waals surface area contributed by atoms with Crippen LogP contribution in [0.25, 0.3) is 0 Å². The van der Waals surface area contributed by atoms with Crippen molar-refractivity contribution >= 4 is 19.7 Å². The van der Waals surface area contributed by atoms with Gasteiger partial charge in [-0.25, -0.2) is 4.57 Å². The van der Waals surface area contributed by atoms with E-state index in [0.717, 1.165) is 38.5 Å². The highest BCUT2D eigenvalue weighted by Gasteiger charge is 2.23. The number of rotatable bonds is 34. The van der Waals surface area contributed by atoms with Gasteiger partial charge in [-0.3, -0.25) is 18.6 Å². The number of unbranched alkanes of at least 4 members (excludes halogenated alkanes) is 21. The molecule has 0 spiro atoms. The second-order valence-corrected chi connectivity index (χ2v) is 13.7. The van der Waals surface area contributed by atoms with Gasteiger partial charge in [0.25, 0.3) is 0 Å². The molecular weight excluding hydrogens is 581 g/mol. The monoisotopic (exact) mass is 649 g/mol. The standard InChI is InChI=1S/C34H68NO8P/c1-3-5-7-9-11-13-15-16-17-18-20-22-24-26-33(37)35-28-29-42-44(39,40)43-31-32(36)30-41-34(38)27-25-23-21-19-14-12-10-8-6-4-2/h32,36H,3-31H2,1-2H3,(H,35,37)(H,39,40). The molecule has 0 saturated carbocycles. The highest BCUT2D eigenvalue weighted by Crippen LogP contribution is 2.42. The number of aliphatic hydroxyl groups is 1. The molecule has 262 valence electrons. The molecule has 0 bridgehead atoms. The normalized spacial score (nSPS) is 13.5. The first-order valence-electron chi connectivity index (χ1n) is 18.0. The lowest BCUT2D eigenvalue weighted by Crippen LogP contribution is -2.27. The molecule has 0 rings (SSSR count). The van der Waals surface area contributed by atoms with Gasteiger partial charge in [0.15, 0.2) is 0 Å². The van der Waals surface area contributed by atoms with Gasteiger partial charge >= 0.3 is 13.8 Å². The Morgan fingerprint density at radius 3 is 1.48 bits per heavy atom. The second-order valence-electron chi connectivity index (χ2n) is 12.2. The van der Waals surface area contributed by atoms with Crippen LogP contribution in [-0.4, -0.2) is 54.3 Å². The third-order valence-electron chi connectivity index (χ3n) is 7.79. The van der Waals surface area contributed by atoms with Crippen LogP contribution in [0.5, 0.6) is 0 Å². The zero-order valence-corrected chi connectivity index (χ0v) is 29.3. The molecule has 3 N–H and O–H groups in total. The van der Waals surface area contributed by atoms with Crippen LogP contribution >= 0.6 is 7.82 Å². The summed E-state index contributed by atoms with van der Waals surface area (Å²) in [5, 5.41) is 12.6. The molecule has 0 saturated heterocycles. The van der Waals surface area contributed by atoms with Crippen molar-refractivity contribution < 1.29 is 37.9 Å². The van der Waals surface area contributed by atoms with Gasteiger partial charge in [0.1, 0.15) is 12.7 Å². The molecule has 0 aromatic rings. The van der Waals surface area contributed by atoms with E-state index in [1.54, 1.807) is 0 Å². The van der Waals surface area contributed by atoms with E-state index < -0.39 is 26.5 Å². The van der Waals surface area contributed by atoms with E-state index in [4.69, 9.17) is 13.8 Å². The van der Waals surface area contributed by atoms with Crippen LogP contribution in [0, 0.1) is 0 Å². The number of phosphoric acid groups is 1. The molecule has 2 atom stereocenters. The third-order valence-corrected chi connectivity index (χ3v) is 8.77. The summed E-state index contributed by atoms with van der Waals surface area (Å²) < 4.78 is 26.7. The smallest absolute Gasteiger partial charge is 0.463 e. The first kappa shape index (κ1) is 43.0. The number of phosphoric ester groups is 1. The maximum absolute atomic E-state index is 12.0. The summed E-state index contributed by atoms with van der Waals surface area (Å²) in [6.45, 7) is 3.54. The zero-order valence-electron chi connectivity index (χ0n) is 28.4. The minimum Gasteiger partial charge on any atom is -0.463 e. The van der Waals surface area contributed by atoms with Gasteiger partial charge in [-0.15, -0.1) is 0 Å². The number of amides is 1. The van der Waals surface area contributed by atoms with Crippen LogP contribution in [0.2, 0.25) is 0 Å². The average Bonchev–Trinajstić information content (AvgIpc) is 3.00. The van der Waals surface area contributed by atoms with Gasteiger partial charge in [-0.05, 0) is 12.8 Å². The van der Waals surface area contributed by atoms with Gasteiger partial charge in [0.05, 0.1) is 13.2 Å². The maximum Gasteiger partial charge on any atom is 0.472 e. The summed E-state index contributed by atoms with van der Waals surface area (Å²) in [6, 6.07) is 0. The fourth-order valence-electron chi connectivity index (χ4n) is 5.03. The van der Waals surface area contributed by atoms with Crippen molar-refractivity contribution in [3.63, 3.8) is 0 Å². The van der Waals surface area contributed by atoms with Gasteiger partial charge in [-0.1, -0.05) is 149 Å². The molecule has 2 unspecified atom stereocenters. The fourth-order valence-corrected chi connectivity index (χ4v) is 5.78. The number of aliphatic hydroxyl groups excluding tert-OH is 1. The van der Waals surface area contributed by atoms with Crippen LogP contribution in [0.15, 0.2) is 0 Å². The van der Waals surface area contributed by atoms with Gasteiger partial charge in [0, 0.05) is 19.4 Å². The van der Waals surface area contributed by atoms with E-state index in [9.17, 15) is 24.2 Å². The summed E-state index contributed by atoms with van der Waals surface area (Å²) in [5.74, 6) is -0.512. The predicted molar refractivity (Wildman–Crippen MR) is 178 cm³/mol. The molecule has 0 fully saturated rings. The molecule has 44 heavy (non-hydrogen) atoms. The topological polar surface area (TPSA) is 131 Å². The number of ether oxygens (including phenoxy) is 1. The van der Waals surface area contributed by atoms with Crippen LogP contribution in [-0.2, 0) is 27.9 Å². The van der Waals surface area contributed by atoms with Crippen molar-refractivity contribution in [3.8, 4) is 0 Å². The lowest BCUT2D eigenvalue weighted by molar-refractivity contribution is -0.147. The van der Waals surface area contributed by atoms with Crippen molar-refractivity contribution in [2.24, 2.45) is 0 Å². The largest absolute Gasteiger partial charge is 0.472 e. The van der Waals surface area contributed by atoms with Crippen molar-refractivity contribution in [3.05, 3.63) is 0 Å².